The van der Waals surface area contributed by atoms with Crippen molar-refractivity contribution in [2.24, 2.45) is 5.92 Å². The zero-order valence-electron chi connectivity index (χ0n) is 14.0. The number of ether oxygens (including phenoxy) is 1. The largest absolute Gasteiger partial charge is 0.457 e. The van der Waals surface area contributed by atoms with Crippen molar-refractivity contribution in [1.29, 1.82) is 0 Å². The number of nitrogens with one attached hydrogen (secondary N) is 1. The highest BCUT2D eigenvalue weighted by atomic mass is 35.5. The molecule has 1 atom stereocenters. The highest BCUT2D eigenvalue weighted by Crippen LogP contribution is 2.19. The van der Waals surface area contributed by atoms with Gasteiger partial charge in [-0.3, -0.25) is 29.6 Å². The van der Waals surface area contributed by atoms with Crippen molar-refractivity contribution in [3.8, 4) is 0 Å². The topological polar surface area (TPSA) is 92.8 Å². The number of halogens is 1. The van der Waals surface area contributed by atoms with Crippen LogP contribution in [0.3, 0.4) is 0 Å². The third-order valence-electron chi connectivity index (χ3n) is 3.94. The van der Waals surface area contributed by atoms with Gasteiger partial charge >= 0.3 is 5.97 Å². The van der Waals surface area contributed by atoms with Crippen molar-refractivity contribution in [3.05, 3.63) is 57.2 Å². The Morgan fingerprint density at radius 1 is 1.22 bits per heavy atom. The molecular weight excluding hydrogens is 392 g/mol. The molecule has 1 fully saturated rings. The molecule has 1 aliphatic rings. The second-order valence-corrected chi connectivity index (χ2v) is 7.25. The summed E-state index contributed by atoms with van der Waals surface area (Å²) in [6.07, 6.45) is -0.0904. The zero-order chi connectivity index (χ0) is 19.4. The summed E-state index contributed by atoms with van der Waals surface area (Å²) >= 11 is 7.04. The number of hydrazine groups is 1. The van der Waals surface area contributed by atoms with E-state index in [2.05, 4.69) is 5.43 Å². The molecule has 0 aliphatic carbocycles. The van der Waals surface area contributed by atoms with Crippen LogP contribution in [0.2, 0.25) is 5.02 Å². The summed E-state index contributed by atoms with van der Waals surface area (Å²) in [6.45, 7) is -0.384. The van der Waals surface area contributed by atoms with Crippen molar-refractivity contribution in [2.75, 3.05) is 13.2 Å². The van der Waals surface area contributed by atoms with Gasteiger partial charge in [0, 0.05) is 17.0 Å². The van der Waals surface area contributed by atoms with Crippen LogP contribution in [0.4, 0.5) is 0 Å². The number of rotatable bonds is 6. The molecule has 0 unspecified atom stereocenters. The second-order valence-electron chi connectivity index (χ2n) is 5.86. The Balaban J connectivity index is 1.52. The van der Waals surface area contributed by atoms with E-state index in [1.807, 2.05) is 0 Å². The average Bonchev–Trinajstić information content (AvgIpc) is 3.30. The number of carbonyl (C=O) groups excluding carboxylic acids is 4. The fourth-order valence-electron chi connectivity index (χ4n) is 2.52. The standard InChI is InChI=1S/C18H15ClN2O5S/c19-13-5-3-11(4-6-13)17(24)20-21-9-12(8-16(21)23)18(25)26-10-14(22)15-2-1-7-27-15/h1-7,12H,8-10H2,(H,20,24)/t12-/m1/s1. The quantitative estimate of drug-likeness (QED) is 0.587. The van der Waals surface area contributed by atoms with Crippen molar-refractivity contribution in [2.45, 2.75) is 6.42 Å². The van der Waals surface area contributed by atoms with E-state index in [4.69, 9.17) is 16.3 Å². The van der Waals surface area contributed by atoms with Crippen LogP contribution >= 0.6 is 22.9 Å². The summed E-state index contributed by atoms with van der Waals surface area (Å²) in [6, 6.07) is 9.56. The number of esters is 1. The first-order chi connectivity index (χ1) is 12.9. The van der Waals surface area contributed by atoms with Crippen LogP contribution in [0.25, 0.3) is 0 Å². The number of carbonyl (C=O) groups is 4. The lowest BCUT2D eigenvalue weighted by molar-refractivity contribution is -0.147. The van der Waals surface area contributed by atoms with E-state index in [-0.39, 0.29) is 25.4 Å². The molecule has 9 heteroatoms. The number of thiophene rings is 1. The fourth-order valence-corrected chi connectivity index (χ4v) is 3.30. The average molecular weight is 407 g/mol. The molecule has 1 saturated heterocycles. The molecule has 0 saturated carbocycles. The molecule has 2 amide bonds. The summed E-state index contributed by atoms with van der Waals surface area (Å²) in [7, 11) is 0. The lowest BCUT2D eigenvalue weighted by Crippen LogP contribution is -2.43. The molecule has 140 valence electrons. The van der Waals surface area contributed by atoms with Gasteiger partial charge in [-0.05, 0) is 35.7 Å². The number of ketones is 1. The lowest BCUT2D eigenvalue weighted by Gasteiger charge is -2.17. The third kappa shape index (κ3) is 4.72. The SMILES string of the molecule is O=C(NN1C[C@H](C(=O)OCC(=O)c2cccs2)CC1=O)c1ccc(Cl)cc1. The van der Waals surface area contributed by atoms with Crippen molar-refractivity contribution in [1.82, 2.24) is 10.4 Å². The Bertz CT molecular complexity index is 866. The molecule has 1 N–H and O–H groups in total. The molecule has 2 heterocycles. The van der Waals surface area contributed by atoms with Crippen molar-refractivity contribution in [3.63, 3.8) is 0 Å². The summed E-state index contributed by atoms with van der Waals surface area (Å²) in [5, 5.41) is 3.33. The van der Waals surface area contributed by atoms with Crippen LogP contribution in [0.5, 0.6) is 0 Å². The Labute approximate surface area is 163 Å². The van der Waals surface area contributed by atoms with Gasteiger partial charge in [-0.2, -0.15) is 0 Å². The van der Waals surface area contributed by atoms with Crippen molar-refractivity contribution >= 4 is 46.5 Å². The molecule has 0 spiro atoms. The Kier molecular flexibility index (Phi) is 5.88. The lowest BCUT2D eigenvalue weighted by atomic mass is 10.1. The predicted octanol–water partition coefficient (Wildman–Crippen LogP) is 2.32. The van der Waals surface area contributed by atoms with Gasteiger partial charge in [0.1, 0.15) is 0 Å². The van der Waals surface area contributed by atoms with Crippen molar-refractivity contribution < 1.29 is 23.9 Å². The maximum absolute atomic E-state index is 12.2. The van der Waals surface area contributed by atoms with Crippen LogP contribution in [-0.4, -0.2) is 41.7 Å². The number of nitrogens with zero attached hydrogens (tertiary/aromatic N) is 1. The van der Waals surface area contributed by atoms with E-state index >= 15 is 0 Å². The van der Waals surface area contributed by atoms with E-state index in [1.165, 1.54) is 23.5 Å². The summed E-state index contributed by atoms with van der Waals surface area (Å²) in [5.74, 6) is -2.56. The maximum Gasteiger partial charge on any atom is 0.311 e. The van der Waals surface area contributed by atoms with Crippen LogP contribution in [0, 0.1) is 5.92 Å². The molecule has 2 aromatic rings. The highest BCUT2D eigenvalue weighted by molar-refractivity contribution is 7.12. The Hall–Kier alpha value is -2.71. The zero-order valence-corrected chi connectivity index (χ0v) is 15.6. The van der Waals surface area contributed by atoms with Gasteiger partial charge in [0.15, 0.2) is 6.61 Å². The molecule has 1 aromatic heterocycles. The Morgan fingerprint density at radius 3 is 2.63 bits per heavy atom. The number of benzene rings is 1. The first-order valence-electron chi connectivity index (χ1n) is 8.04. The summed E-state index contributed by atoms with van der Waals surface area (Å²) in [4.78, 5) is 48.7. The molecule has 0 radical (unpaired) electrons. The van der Waals surface area contributed by atoms with Gasteiger partial charge in [0.2, 0.25) is 11.7 Å². The van der Waals surface area contributed by atoms with Crippen LogP contribution < -0.4 is 5.43 Å². The molecule has 27 heavy (non-hydrogen) atoms. The van der Waals surface area contributed by atoms with E-state index < -0.39 is 23.7 Å². The first kappa shape index (κ1) is 19.1. The van der Waals surface area contributed by atoms with Crippen LogP contribution in [-0.2, 0) is 14.3 Å². The van der Waals surface area contributed by atoms with Gasteiger partial charge in [-0.15, -0.1) is 11.3 Å². The minimum Gasteiger partial charge on any atom is -0.457 e. The molecule has 7 nitrogen and oxygen atoms in total. The highest BCUT2D eigenvalue weighted by Gasteiger charge is 2.36. The third-order valence-corrected chi connectivity index (χ3v) is 5.11. The van der Waals surface area contributed by atoms with Gasteiger partial charge in [0.25, 0.3) is 5.91 Å². The Morgan fingerprint density at radius 2 is 1.96 bits per heavy atom. The van der Waals surface area contributed by atoms with E-state index in [0.29, 0.717) is 15.5 Å². The number of Topliss-reactive ketones (excluding diaryl/α,β-unsaturated/α-hetero) is 1. The van der Waals surface area contributed by atoms with Gasteiger partial charge in [-0.25, -0.2) is 0 Å². The summed E-state index contributed by atoms with van der Waals surface area (Å²) in [5.41, 5.74) is 2.80. The molecule has 0 bridgehead atoms. The van der Waals surface area contributed by atoms with E-state index in [9.17, 15) is 19.2 Å². The molecule has 1 aromatic carbocycles. The monoisotopic (exact) mass is 406 g/mol. The summed E-state index contributed by atoms with van der Waals surface area (Å²) < 4.78 is 5.02. The van der Waals surface area contributed by atoms with Crippen LogP contribution in [0.15, 0.2) is 41.8 Å². The number of hydrogen-bond acceptors (Lipinski definition) is 6. The van der Waals surface area contributed by atoms with Crippen LogP contribution in [0.1, 0.15) is 26.5 Å². The van der Waals surface area contributed by atoms with Gasteiger partial charge in [-0.1, -0.05) is 17.7 Å². The minimum absolute atomic E-state index is 0.00973. The fraction of sp³-hybridized carbons (Fsp3) is 0.222. The van der Waals surface area contributed by atoms with E-state index in [1.54, 1.807) is 29.6 Å². The number of amides is 2. The molecule has 3 rings (SSSR count). The molecule has 1 aliphatic heterocycles. The minimum atomic E-state index is -0.737. The first-order valence-corrected chi connectivity index (χ1v) is 9.30. The molecular formula is C18H15ClN2O5S. The van der Waals surface area contributed by atoms with E-state index in [0.717, 1.165) is 5.01 Å². The maximum atomic E-state index is 12.2. The smallest absolute Gasteiger partial charge is 0.311 e. The predicted molar refractivity (Wildman–Crippen MR) is 98.3 cm³/mol. The normalized spacial score (nSPS) is 16.3. The second kappa shape index (κ2) is 8.32. The number of hydrogen-bond donors (Lipinski definition) is 1. The van der Waals surface area contributed by atoms with Gasteiger partial charge < -0.3 is 4.74 Å². The van der Waals surface area contributed by atoms with Gasteiger partial charge in [0.05, 0.1) is 17.3 Å².